The topological polar surface area (TPSA) is 195 Å². The highest BCUT2D eigenvalue weighted by atomic mass is 16.5. The molecule has 0 atom stereocenters. The maximum absolute atomic E-state index is 10.9. The van der Waals surface area contributed by atoms with Crippen LogP contribution in [0.15, 0.2) is 122 Å². The Balaban J connectivity index is 0.000000153. The molecule has 59 heavy (non-hydrogen) atoms. The van der Waals surface area contributed by atoms with Crippen LogP contribution in [0.1, 0.15) is 18.1 Å². The van der Waals surface area contributed by atoms with E-state index in [-0.39, 0.29) is 19.2 Å². The largest absolute Gasteiger partial charge is 0.464 e. The van der Waals surface area contributed by atoms with E-state index in [1.54, 1.807) is 43.5 Å². The molecule has 0 saturated heterocycles. The van der Waals surface area contributed by atoms with Gasteiger partial charge >= 0.3 is 5.97 Å². The molecule has 0 aliphatic carbocycles. The SMILES string of the molecule is CC(=O)OCCn1cc(-c2ccc3nnn(Cc4ccc5ncccc5c4)c3n2)cn1.OCCn1cc(-c2ccc3nnn(Cc4ccc5ncccc5c4)c3n2)cn1. The van der Waals surface area contributed by atoms with Gasteiger partial charge in [0.1, 0.15) is 17.6 Å². The van der Waals surface area contributed by atoms with Crippen molar-refractivity contribution in [2.75, 3.05) is 13.2 Å². The van der Waals surface area contributed by atoms with Crippen molar-refractivity contribution in [1.82, 2.24) is 69.5 Å². The molecule has 10 rings (SSSR count). The average molecular weight is 785 g/mol. The van der Waals surface area contributed by atoms with E-state index in [0.29, 0.717) is 31.8 Å². The quantitative estimate of drug-likeness (QED) is 0.170. The molecule has 0 radical (unpaired) electrons. The molecule has 8 aromatic heterocycles. The van der Waals surface area contributed by atoms with Gasteiger partial charge < -0.3 is 9.84 Å². The van der Waals surface area contributed by atoms with Gasteiger partial charge in [-0.05, 0) is 71.8 Å². The lowest BCUT2D eigenvalue weighted by molar-refractivity contribution is -0.141. The van der Waals surface area contributed by atoms with E-state index in [2.05, 4.69) is 52.9 Å². The number of carbonyl (C=O) groups excluding carboxylic acids is 1. The molecule has 2 aromatic carbocycles. The number of aliphatic hydroxyl groups excluding tert-OH is 1. The number of hydrogen-bond acceptors (Lipinski definition) is 13. The molecule has 0 amide bonds. The Kier molecular flexibility index (Phi) is 10.2. The summed E-state index contributed by atoms with van der Waals surface area (Å²) < 4.78 is 12.0. The molecule has 0 aliphatic heterocycles. The molecule has 0 fully saturated rings. The Morgan fingerprint density at radius 3 is 1.66 bits per heavy atom. The van der Waals surface area contributed by atoms with E-state index in [9.17, 15) is 4.79 Å². The van der Waals surface area contributed by atoms with Crippen LogP contribution in [0.2, 0.25) is 0 Å². The van der Waals surface area contributed by atoms with Crippen LogP contribution in [-0.2, 0) is 35.7 Å². The van der Waals surface area contributed by atoms with Crippen molar-refractivity contribution in [3.63, 3.8) is 0 Å². The third-order valence-electron chi connectivity index (χ3n) is 9.53. The number of benzene rings is 2. The molecular formula is C42H36N14O3. The maximum atomic E-state index is 10.9. The lowest BCUT2D eigenvalue weighted by Crippen LogP contribution is -2.08. The first-order valence-electron chi connectivity index (χ1n) is 18.8. The predicted molar refractivity (Wildman–Crippen MR) is 218 cm³/mol. The second kappa shape index (κ2) is 16.4. The molecule has 17 nitrogen and oxygen atoms in total. The number of ether oxygens (including phenoxy) is 1. The van der Waals surface area contributed by atoms with E-state index < -0.39 is 0 Å². The average Bonchev–Trinajstić information content (AvgIpc) is 4.09. The molecule has 8 heterocycles. The third kappa shape index (κ3) is 8.21. The Hall–Kier alpha value is -7.79. The van der Waals surface area contributed by atoms with Crippen molar-refractivity contribution in [1.29, 1.82) is 0 Å². The number of carbonyl (C=O) groups is 1. The standard InChI is InChI=1S/C22H19N7O2.C20H17N7O/c1-15(30)31-10-9-28-14-18(12-24-28)20-6-7-21-22(25-20)29(27-26-21)13-16-4-5-19-17(11-16)3-2-8-23-19;28-9-8-26-13-16(11-22-26)18-5-6-19-20(23-18)27(25-24-19)12-14-3-4-17-15(10-14)2-1-7-21-17/h2-8,11-12,14H,9-10,13H2,1H3;1-7,10-11,13,28H,8-9,12H2. The zero-order valence-electron chi connectivity index (χ0n) is 31.8. The van der Waals surface area contributed by atoms with Gasteiger partial charge in [0.05, 0.1) is 67.6 Å². The Bertz CT molecular complexity index is 3080. The number of rotatable bonds is 11. The normalized spacial score (nSPS) is 11.4. The van der Waals surface area contributed by atoms with Gasteiger partial charge in [0.2, 0.25) is 0 Å². The number of nitrogens with zero attached hydrogens (tertiary/aromatic N) is 14. The number of aliphatic hydroxyl groups is 1. The molecule has 0 unspecified atom stereocenters. The maximum Gasteiger partial charge on any atom is 0.302 e. The van der Waals surface area contributed by atoms with E-state index >= 15 is 0 Å². The highest BCUT2D eigenvalue weighted by Crippen LogP contribution is 2.23. The summed E-state index contributed by atoms with van der Waals surface area (Å²) in [6, 6.07) is 27.9. The van der Waals surface area contributed by atoms with Crippen LogP contribution in [-0.4, -0.2) is 93.8 Å². The molecule has 0 bridgehead atoms. The van der Waals surface area contributed by atoms with Crippen molar-refractivity contribution in [2.45, 2.75) is 33.1 Å². The van der Waals surface area contributed by atoms with Crippen LogP contribution in [0, 0.1) is 0 Å². The van der Waals surface area contributed by atoms with Crippen LogP contribution in [0.4, 0.5) is 0 Å². The first-order valence-corrected chi connectivity index (χ1v) is 18.8. The van der Waals surface area contributed by atoms with Gasteiger partial charge in [-0.1, -0.05) is 34.7 Å². The van der Waals surface area contributed by atoms with Gasteiger partial charge in [0.15, 0.2) is 11.3 Å². The summed E-state index contributed by atoms with van der Waals surface area (Å²) in [7, 11) is 0. The van der Waals surface area contributed by atoms with Gasteiger partial charge in [-0.25, -0.2) is 19.3 Å². The van der Waals surface area contributed by atoms with Crippen LogP contribution >= 0.6 is 0 Å². The highest BCUT2D eigenvalue weighted by Gasteiger charge is 2.13. The Morgan fingerprint density at radius 1 is 0.644 bits per heavy atom. The number of fused-ring (bicyclic) bond motifs is 4. The van der Waals surface area contributed by atoms with Crippen LogP contribution < -0.4 is 0 Å². The fraction of sp³-hybridized carbons (Fsp3) is 0.167. The molecule has 0 spiro atoms. The second-order valence-corrected chi connectivity index (χ2v) is 13.7. The van der Waals surface area contributed by atoms with Crippen molar-refractivity contribution in [2.24, 2.45) is 0 Å². The summed E-state index contributed by atoms with van der Waals surface area (Å²) >= 11 is 0. The number of pyridine rings is 4. The van der Waals surface area contributed by atoms with Gasteiger partial charge in [0.25, 0.3) is 0 Å². The monoisotopic (exact) mass is 784 g/mol. The van der Waals surface area contributed by atoms with Gasteiger partial charge in [-0.15, -0.1) is 10.2 Å². The molecule has 1 N–H and O–H groups in total. The summed E-state index contributed by atoms with van der Waals surface area (Å²) in [5, 5.41) is 36.8. The van der Waals surface area contributed by atoms with E-state index in [1.165, 1.54) is 6.92 Å². The molecule has 0 aliphatic rings. The van der Waals surface area contributed by atoms with Gasteiger partial charge in [-0.3, -0.25) is 24.1 Å². The van der Waals surface area contributed by atoms with Crippen molar-refractivity contribution in [3.05, 3.63) is 133 Å². The summed E-state index contributed by atoms with van der Waals surface area (Å²) in [6.07, 6.45) is 10.8. The predicted octanol–water partition coefficient (Wildman–Crippen LogP) is 5.13. The first-order chi connectivity index (χ1) is 29.0. The van der Waals surface area contributed by atoms with Crippen LogP contribution in [0.3, 0.4) is 0 Å². The van der Waals surface area contributed by atoms with Crippen LogP contribution in [0.25, 0.3) is 66.6 Å². The zero-order valence-corrected chi connectivity index (χ0v) is 31.8. The summed E-state index contributed by atoms with van der Waals surface area (Å²) in [5.74, 6) is -0.303. The molecular weight excluding hydrogens is 749 g/mol. The molecule has 10 aromatic rings. The smallest absolute Gasteiger partial charge is 0.302 e. The second-order valence-electron chi connectivity index (χ2n) is 13.7. The number of esters is 1. The van der Waals surface area contributed by atoms with E-state index in [4.69, 9.17) is 19.8 Å². The Labute approximate surface area is 335 Å². The zero-order chi connectivity index (χ0) is 40.1. The summed E-state index contributed by atoms with van der Waals surface area (Å²) in [4.78, 5) is 29.2. The van der Waals surface area contributed by atoms with E-state index in [1.807, 2.05) is 85.2 Å². The molecule has 292 valence electrons. The summed E-state index contributed by atoms with van der Waals surface area (Å²) in [5.41, 5.74) is 10.4. The van der Waals surface area contributed by atoms with Crippen molar-refractivity contribution >= 4 is 50.1 Å². The lowest BCUT2D eigenvalue weighted by atomic mass is 10.1. The van der Waals surface area contributed by atoms with Crippen LogP contribution in [0.5, 0.6) is 0 Å². The Morgan fingerprint density at radius 2 is 1.15 bits per heavy atom. The third-order valence-corrected chi connectivity index (χ3v) is 9.53. The van der Waals surface area contributed by atoms with Gasteiger partial charge in [-0.2, -0.15) is 10.2 Å². The minimum Gasteiger partial charge on any atom is -0.464 e. The molecule has 17 heteroatoms. The van der Waals surface area contributed by atoms with Gasteiger partial charge in [0, 0.05) is 53.6 Å². The minimum atomic E-state index is -0.303. The number of aromatic nitrogens is 14. The fourth-order valence-corrected chi connectivity index (χ4v) is 6.66. The first kappa shape index (κ1) is 36.8. The fourth-order valence-electron chi connectivity index (χ4n) is 6.66. The van der Waals surface area contributed by atoms with Crippen molar-refractivity contribution in [3.8, 4) is 22.5 Å². The lowest BCUT2D eigenvalue weighted by Gasteiger charge is -2.05. The van der Waals surface area contributed by atoms with Crippen molar-refractivity contribution < 1.29 is 14.6 Å². The highest BCUT2D eigenvalue weighted by molar-refractivity contribution is 5.80. The summed E-state index contributed by atoms with van der Waals surface area (Å²) in [6.45, 7) is 3.78. The number of hydrogen-bond donors (Lipinski definition) is 1. The minimum absolute atomic E-state index is 0.0472. The van der Waals surface area contributed by atoms with E-state index in [0.717, 1.165) is 72.1 Å². The molecule has 0 saturated carbocycles.